The summed E-state index contributed by atoms with van der Waals surface area (Å²) < 4.78 is 13.7. The van der Waals surface area contributed by atoms with Crippen molar-refractivity contribution in [3.05, 3.63) is 53.3 Å². The average molecular weight is 382 g/mol. The van der Waals surface area contributed by atoms with E-state index in [0.29, 0.717) is 35.9 Å². The molecule has 144 valence electrons. The molecule has 2 heterocycles. The molecule has 1 aliphatic heterocycles. The minimum Gasteiger partial charge on any atom is -0.465 e. The van der Waals surface area contributed by atoms with Gasteiger partial charge in [-0.15, -0.1) is 0 Å². The molecule has 0 radical (unpaired) electrons. The third-order valence-electron chi connectivity index (χ3n) is 5.24. The summed E-state index contributed by atoms with van der Waals surface area (Å²) >= 11 is 0. The van der Waals surface area contributed by atoms with Crippen molar-refractivity contribution in [1.29, 1.82) is 0 Å². The Hall–Kier alpha value is -3.42. The number of primary amides is 1. The zero-order valence-electron chi connectivity index (χ0n) is 15.0. The molecular weight excluding hydrogens is 363 g/mol. The second-order valence-electron chi connectivity index (χ2n) is 6.97. The van der Waals surface area contributed by atoms with E-state index in [0.717, 1.165) is 30.0 Å². The fourth-order valence-corrected chi connectivity index (χ4v) is 3.72. The van der Waals surface area contributed by atoms with Crippen LogP contribution in [0.1, 0.15) is 34.7 Å². The van der Waals surface area contributed by atoms with Crippen LogP contribution >= 0.6 is 0 Å². The zero-order chi connectivity index (χ0) is 19.8. The Morgan fingerprint density at radius 3 is 2.46 bits per heavy atom. The first-order valence-electron chi connectivity index (χ1n) is 8.99. The van der Waals surface area contributed by atoms with Crippen molar-refractivity contribution < 1.29 is 19.1 Å². The third-order valence-corrected chi connectivity index (χ3v) is 5.24. The van der Waals surface area contributed by atoms with E-state index in [4.69, 9.17) is 10.8 Å². The van der Waals surface area contributed by atoms with Crippen molar-refractivity contribution in [2.75, 3.05) is 13.1 Å². The van der Waals surface area contributed by atoms with Crippen molar-refractivity contribution in [1.82, 2.24) is 14.9 Å². The van der Waals surface area contributed by atoms with Gasteiger partial charge in [0.25, 0.3) is 5.91 Å². The van der Waals surface area contributed by atoms with Crippen molar-refractivity contribution in [2.24, 2.45) is 5.73 Å². The van der Waals surface area contributed by atoms with Gasteiger partial charge in [-0.2, -0.15) is 0 Å². The molecule has 1 aliphatic rings. The molecule has 1 aromatic heterocycles. The molecule has 1 fully saturated rings. The quantitative estimate of drug-likeness (QED) is 0.645. The molecule has 28 heavy (non-hydrogen) atoms. The highest BCUT2D eigenvalue weighted by Gasteiger charge is 2.23. The van der Waals surface area contributed by atoms with Crippen LogP contribution in [0.4, 0.5) is 9.18 Å². The van der Waals surface area contributed by atoms with Gasteiger partial charge in [0, 0.05) is 18.7 Å². The topological polar surface area (TPSA) is 112 Å². The monoisotopic (exact) mass is 382 g/mol. The van der Waals surface area contributed by atoms with E-state index >= 15 is 0 Å². The molecule has 3 aromatic rings. The molecule has 4 N–H and O–H groups in total. The van der Waals surface area contributed by atoms with Crippen LogP contribution in [-0.2, 0) is 0 Å². The van der Waals surface area contributed by atoms with Crippen molar-refractivity contribution >= 4 is 23.0 Å². The molecule has 0 aliphatic carbocycles. The number of benzene rings is 2. The summed E-state index contributed by atoms with van der Waals surface area (Å²) in [6.07, 6.45) is 0.708. The van der Waals surface area contributed by atoms with Crippen LogP contribution < -0.4 is 5.73 Å². The predicted octanol–water partition coefficient (Wildman–Crippen LogP) is 3.33. The summed E-state index contributed by atoms with van der Waals surface area (Å²) in [4.78, 5) is 31.5. The second-order valence-corrected chi connectivity index (χ2v) is 6.97. The summed E-state index contributed by atoms with van der Waals surface area (Å²) in [5.74, 6) is -0.448. The SMILES string of the molecule is NC(=O)c1cc(F)cc2[nH]c(-c3ccc(C4CCN(C(=O)O)CC4)cc3)nc12. The number of nitrogens with one attached hydrogen (secondary N) is 1. The number of imidazole rings is 1. The Morgan fingerprint density at radius 2 is 1.86 bits per heavy atom. The number of amides is 2. The van der Waals surface area contributed by atoms with Gasteiger partial charge in [0.15, 0.2) is 0 Å². The molecule has 7 nitrogen and oxygen atoms in total. The predicted molar refractivity (Wildman–Crippen MR) is 102 cm³/mol. The third kappa shape index (κ3) is 3.28. The molecule has 1 saturated heterocycles. The highest BCUT2D eigenvalue weighted by Crippen LogP contribution is 2.30. The lowest BCUT2D eigenvalue weighted by atomic mass is 9.89. The Kier molecular flexibility index (Phi) is 4.46. The van der Waals surface area contributed by atoms with Crippen LogP contribution in [0.25, 0.3) is 22.4 Å². The fourth-order valence-electron chi connectivity index (χ4n) is 3.72. The first-order valence-corrected chi connectivity index (χ1v) is 8.99. The van der Waals surface area contributed by atoms with E-state index in [9.17, 15) is 14.0 Å². The summed E-state index contributed by atoms with van der Waals surface area (Å²) in [6, 6.07) is 10.2. The van der Waals surface area contributed by atoms with Crippen LogP contribution in [0, 0.1) is 5.82 Å². The van der Waals surface area contributed by atoms with Crippen molar-refractivity contribution in [3.8, 4) is 11.4 Å². The van der Waals surface area contributed by atoms with Crippen LogP contribution in [0.5, 0.6) is 0 Å². The number of aromatic amines is 1. The van der Waals surface area contributed by atoms with Crippen molar-refractivity contribution in [3.63, 3.8) is 0 Å². The van der Waals surface area contributed by atoms with Gasteiger partial charge in [-0.25, -0.2) is 14.2 Å². The van der Waals surface area contributed by atoms with Gasteiger partial charge < -0.3 is 20.7 Å². The van der Waals surface area contributed by atoms with Gasteiger partial charge in [0.1, 0.15) is 17.2 Å². The average Bonchev–Trinajstić information content (AvgIpc) is 3.11. The van der Waals surface area contributed by atoms with Gasteiger partial charge in [0.05, 0.1) is 11.1 Å². The highest BCUT2D eigenvalue weighted by molar-refractivity contribution is 6.04. The van der Waals surface area contributed by atoms with Crippen LogP contribution in [-0.4, -0.2) is 45.1 Å². The number of carbonyl (C=O) groups excluding carboxylic acids is 1. The number of hydrogen-bond acceptors (Lipinski definition) is 3. The Morgan fingerprint density at radius 1 is 1.18 bits per heavy atom. The number of carbonyl (C=O) groups is 2. The maximum Gasteiger partial charge on any atom is 0.407 e. The number of rotatable bonds is 3. The second kappa shape index (κ2) is 6.95. The summed E-state index contributed by atoms with van der Waals surface area (Å²) in [7, 11) is 0. The van der Waals surface area contributed by atoms with Crippen LogP contribution in [0.15, 0.2) is 36.4 Å². The van der Waals surface area contributed by atoms with Gasteiger partial charge >= 0.3 is 6.09 Å². The Labute approximate surface area is 160 Å². The number of piperidine rings is 1. The molecule has 8 heteroatoms. The number of aromatic nitrogens is 2. The molecule has 0 unspecified atom stereocenters. The number of carboxylic acid groups (broad SMARTS) is 1. The van der Waals surface area contributed by atoms with E-state index in [1.54, 1.807) is 0 Å². The highest BCUT2D eigenvalue weighted by atomic mass is 19.1. The van der Waals surface area contributed by atoms with Crippen molar-refractivity contribution in [2.45, 2.75) is 18.8 Å². The standard InChI is InChI=1S/C20H19FN4O3/c21-14-9-15(18(22)26)17-16(10-14)23-19(24-17)13-3-1-11(2-4-13)12-5-7-25(8-6-12)20(27)28/h1-4,9-10,12H,5-8H2,(H2,22,26)(H,23,24)(H,27,28). The Bertz CT molecular complexity index is 1050. The fraction of sp³-hybridized carbons (Fsp3) is 0.250. The molecular formula is C20H19FN4O3. The lowest BCUT2D eigenvalue weighted by molar-refractivity contribution is 0.100. The number of halogens is 1. The zero-order valence-corrected chi connectivity index (χ0v) is 15.0. The first-order chi connectivity index (χ1) is 13.4. The molecule has 0 spiro atoms. The lowest BCUT2D eigenvalue weighted by Crippen LogP contribution is -2.36. The minimum absolute atomic E-state index is 0.0410. The van der Waals surface area contributed by atoms with E-state index < -0.39 is 17.8 Å². The summed E-state index contributed by atoms with van der Waals surface area (Å²) in [5, 5.41) is 9.05. The number of nitrogens with two attached hydrogens (primary N) is 1. The van der Waals surface area contributed by atoms with Gasteiger partial charge in [-0.3, -0.25) is 4.79 Å². The lowest BCUT2D eigenvalue weighted by Gasteiger charge is -2.30. The van der Waals surface area contributed by atoms with Gasteiger partial charge in [-0.1, -0.05) is 24.3 Å². The molecule has 2 aromatic carbocycles. The van der Waals surface area contributed by atoms with Gasteiger partial charge in [-0.05, 0) is 36.5 Å². The van der Waals surface area contributed by atoms with E-state index in [2.05, 4.69) is 9.97 Å². The van der Waals surface area contributed by atoms with Crippen LogP contribution in [0.2, 0.25) is 0 Å². The Balaban J connectivity index is 1.58. The minimum atomic E-state index is -0.870. The molecule has 0 atom stereocenters. The molecule has 4 rings (SSSR count). The molecule has 0 bridgehead atoms. The largest absolute Gasteiger partial charge is 0.465 e. The normalized spacial score (nSPS) is 15.1. The molecule has 0 saturated carbocycles. The maximum atomic E-state index is 13.7. The summed E-state index contributed by atoms with van der Waals surface area (Å²) in [6.45, 7) is 1.07. The number of hydrogen-bond donors (Lipinski definition) is 3. The van der Waals surface area contributed by atoms with Crippen LogP contribution in [0.3, 0.4) is 0 Å². The number of fused-ring (bicyclic) bond motifs is 1. The maximum absolute atomic E-state index is 13.7. The summed E-state index contributed by atoms with van der Waals surface area (Å²) in [5.41, 5.74) is 8.07. The number of H-pyrrole nitrogens is 1. The molecule has 2 amide bonds. The smallest absolute Gasteiger partial charge is 0.407 e. The van der Waals surface area contributed by atoms with Gasteiger partial charge in [0.2, 0.25) is 0 Å². The number of nitrogens with zero attached hydrogens (tertiary/aromatic N) is 2. The first kappa shape index (κ1) is 18.0. The van der Waals surface area contributed by atoms with E-state index in [1.165, 1.54) is 11.0 Å². The van der Waals surface area contributed by atoms with E-state index in [-0.39, 0.29) is 5.56 Å². The van der Waals surface area contributed by atoms with E-state index in [1.807, 2.05) is 24.3 Å². The number of likely N-dealkylation sites (tertiary alicyclic amines) is 1.